The molecule has 0 radical (unpaired) electrons. The first-order chi connectivity index (χ1) is 13.4. The molecule has 0 saturated carbocycles. The summed E-state index contributed by atoms with van der Waals surface area (Å²) in [5.74, 6) is -0.268. The van der Waals surface area contributed by atoms with Crippen LogP contribution in [0.25, 0.3) is 0 Å². The van der Waals surface area contributed by atoms with Gasteiger partial charge in [-0.25, -0.2) is 0 Å². The molecule has 0 spiro atoms. The second-order valence-corrected chi connectivity index (χ2v) is 8.08. The zero-order chi connectivity index (χ0) is 20.1. The van der Waals surface area contributed by atoms with Crippen LogP contribution < -0.4 is 10.6 Å². The minimum Gasteiger partial charge on any atom is -0.330 e. The average Bonchev–Trinajstić information content (AvgIpc) is 3.11. The van der Waals surface area contributed by atoms with Crippen molar-refractivity contribution in [1.82, 2.24) is 10.2 Å². The van der Waals surface area contributed by atoms with Gasteiger partial charge in [-0.1, -0.05) is 53.4 Å². The molecule has 0 bridgehead atoms. The molecule has 1 aromatic heterocycles. The van der Waals surface area contributed by atoms with Crippen LogP contribution in [-0.2, 0) is 4.79 Å². The van der Waals surface area contributed by atoms with E-state index in [4.69, 9.17) is 0 Å². The Labute approximate surface area is 169 Å². The largest absolute Gasteiger partial charge is 0.330 e. The van der Waals surface area contributed by atoms with Gasteiger partial charge in [0.1, 0.15) is 5.69 Å². The third kappa shape index (κ3) is 4.84. The molecular weight excluding hydrogens is 398 g/mol. The van der Waals surface area contributed by atoms with Crippen molar-refractivity contribution < 1.29 is 9.72 Å². The van der Waals surface area contributed by atoms with Gasteiger partial charge in [-0.05, 0) is 31.0 Å². The molecule has 2 aromatic carbocycles. The van der Waals surface area contributed by atoms with E-state index in [0.29, 0.717) is 15.0 Å². The number of thioether (sulfide) groups is 1. The maximum Gasteiger partial charge on any atom is 0.293 e. The summed E-state index contributed by atoms with van der Waals surface area (Å²) in [6.07, 6.45) is 0. The number of aromatic nitrogens is 2. The number of amides is 1. The second-order valence-electron chi connectivity index (χ2n) is 5.88. The Morgan fingerprint density at radius 1 is 1.14 bits per heavy atom. The third-order valence-electron chi connectivity index (χ3n) is 3.83. The highest BCUT2D eigenvalue weighted by Gasteiger charge is 2.18. The lowest BCUT2D eigenvalue weighted by Crippen LogP contribution is -2.16. The number of rotatable bonds is 7. The molecule has 1 heterocycles. The Balaban J connectivity index is 1.60. The summed E-state index contributed by atoms with van der Waals surface area (Å²) in [6.45, 7) is 3.71. The van der Waals surface area contributed by atoms with Crippen molar-refractivity contribution in [3.8, 4) is 0 Å². The van der Waals surface area contributed by atoms with Crippen molar-refractivity contribution in [3.63, 3.8) is 0 Å². The molecule has 3 aromatic rings. The number of nitrogens with zero attached hydrogens (tertiary/aromatic N) is 3. The summed E-state index contributed by atoms with van der Waals surface area (Å²) in [7, 11) is 0. The maximum absolute atomic E-state index is 12.2. The Kier molecular flexibility index (Phi) is 6.22. The van der Waals surface area contributed by atoms with Gasteiger partial charge in [0.25, 0.3) is 5.69 Å². The number of anilines is 3. The zero-order valence-corrected chi connectivity index (χ0v) is 16.8. The van der Waals surface area contributed by atoms with Gasteiger partial charge in [0.2, 0.25) is 11.0 Å². The number of benzene rings is 2. The van der Waals surface area contributed by atoms with E-state index in [1.165, 1.54) is 29.2 Å². The molecule has 2 N–H and O–H groups in total. The molecule has 0 aliphatic heterocycles. The van der Waals surface area contributed by atoms with Gasteiger partial charge in [-0.3, -0.25) is 14.9 Å². The predicted octanol–water partition coefficient (Wildman–Crippen LogP) is 4.54. The van der Waals surface area contributed by atoms with E-state index in [2.05, 4.69) is 20.8 Å². The standard InChI is InChI=1S/C18H17N5O3S2/c1-11-6-3-4-8-13(11)19-17-21-22-18(28-17)27-10-15(24)20-16-12(2)7-5-9-14(16)23(25)26/h3-9H,10H2,1-2H3,(H,19,21)(H,20,24). The lowest BCUT2D eigenvalue weighted by molar-refractivity contribution is -0.384. The fourth-order valence-electron chi connectivity index (χ4n) is 2.42. The van der Waals surface area contributed by atoms with Crippen LogP contribution in [0.3, 0.4) is 0 Å². The Morgan fingerprint density at radius 3 is 2.64 bits per heavy atom. The number of hydrogen-bond acceptors (Lipinski definition) is 8. The van der Waals surface area contributed by atoms with E-state index >= 15 is 0 Å². The third-order valence-corrected chi connectivity index (χ3v) is 5.80. The molecule has 144 valence electrons. The van der Waals surface area contributed by atoms with E-state index in [9.17, 15) is 14.9 Å². The molecule has 0 atom stereocenters. The molecule has 10 heteroatoms. The van der Waals surface area contributed by atoms with Gasteiger partial charge >= 0.3 is 0 Å². The van der Waals surface area contributed by atoms with Gasteiger partial charge < -0.3 is 10.6 Å². The van der Waals surface area contributed by atoms with Crippen molar-refractivity contribution in [1.29, 1.82) is 0 Å². The summed E-state index contributed by atoms with van der Waals surface area (Å²) in [5, 5.41) is 25.7. The number of nitro groups is 1. The highest BCUT2D eigenvalue weighted by atomic mass is 32.2. The Bertz CT molecular complexity index is 1020. The molecule has 0 fully saturated rings. The lowest BCUT2D eigenvalue weighted by atomic mass is 10.1. The van der Waals surface area contributed by atoms with Gasteiger partial charge in [0, 0.05) is 11.8 Å². The number of nitrogens with one attached hydrogen (secondary N) is 2. The van der Waals surface area contributed by atoms with Gasteiger partial charge in [-0.15, -0.1) is 10.2 Å². The van der Waals surface area contributed by atoms with E-state index in [0.717, 1.165) is 11.3 Å². The summed E-state index contributed by atoms with van der Waals surface area (Å²) in [4.78, 5) is 22.9. The van der Waals surface area contributed by atoms with Gasteiger partial charge in [-0.2, -0.15) is 0 Å². The first-order valence-electron chi connectivity index (χ1n) is 8.27. The highest BCUT2D eigenvalue weighted by molar-refractivity contribution is 8.01. The van der Waals surface area contributed by atoms with Crippen LogP contribution in [0.15, 0.2) is 46.8 Å². The second kappa shape index (κ2) is 8.81. The molecule has 1 amide bonds. The maximum atomic E-state index is 12.2. The van der Waals surface area contributed by atoms with Crippen molar-refractivity contribution >= 4 is 51.2 Å². The monoisotopic (exact) mass is 415 g/mol. The van der Waals surface area contributed by atoms with Gasteiger partial charge in [0.15, 0.2) is 4.34 Å². The first-order valence-corrected chi connectivity index (χ1v) is 10.1. The van der Waals surface area contributed by atoms with Gasteiger partial charge in [0.05, 0.1) is 10.7 Å². The zero-order valence-electron chi connectivity index (χ0n) is 15.1. The number of carbonyl (C=O) groups excluding carboxylic acids is 1. The van der Waals surface area contributed by atoms with E-state index in [1.807, 2.05) is 31.2 Å². The smallest absolute Gasteiger partial charge is 0.293 e. The van der Waals surface area contributed by atoms with Crippen LogP contribution >= 0.6 is 23.1 Å². The first kappa shape index (κ1) is 19.8. The fourth-order valence-corrected chi connectivity index (χ4v) is 3.98. The topological polar surface area (TPSA) is 110 Å². The summed E-state index contributed by atoms with van der Waals surface area (Å²) in [6, 6.07) is 12.5. The molecule has 0 aliphatic rings. The quantitative estimate of drug-likeness (QED) is 0.331. The van der Waals surface area contributed by atoms with E-state index in [1.54, 1.807) is 19.1 Å². The molecule has 0 saturated heterocycles. The Morgan fingerprint density at radius 2 is 1.89 bits per heavy atom. The van der Waals surface area contributed by atoms with Crippen LogP contribution in [0.2, 0.25) is 0 Å². The SMILES string of the molecule is Cc1ccccc1Nc1nnc(SCC(=O)Nc2c(C)cccc2[N+](=O)[O-])s1. The summed E-state index contributed by atoms with van der Waals surface area (Å²) in [5.41, 5.74) is 2.76. The van der Waals surface area contributed by atoms with Crippen molar-refractivity contribution in [2.75, 3.05) is 16.4 Å². The Hall–Kier alpha value is -2.98. The molecule has 8 nitrogen and oxygen atoms in total. The van der Waals surface area contributed by atoms with Crippen LogP contribution in [0.1, 0.15) is 11.1 Å². The molecular formula is C18H17N5O3S2. The summed E-state index contributed by atoms with van der Waals surface area (Å²) >= 11 is 2.56. The van der Waals surface area contributed by atoms with Crippen LogP contribution in [0, 0.1) is 24.0 Å². The average molecular weight is 416 g/mol. The lowest BCUT2D eigenvalue weighted by Gasteiger charge is -2.08. The molecule has 0 aliphatic carbocycles. The van der Waals surface area contributed by atoms with Crippen molar-refractivity contribution in [2.45, 2.75) is 18.2 Å². The molecule has 28 heavy (non-hydrogen) atoms. The minimum absolute atomic E-state index is 0.0739. The van der Waals surface area contributed by atoms with Crippen molar-refractivity contribution in [3.05, 3.63) is 63.7 Å². The fraction of sp³-hybridized carbons (Fsp3) is 0.167. The normalized spacial score (nSPS) is 10.5. The van der Waals surface area contributed by atoms with Crippen LogP contribution in [-0.4, -0.2) is 26.8 Å². The number of nitro benzene ring substituents is 1. The number of hydrogen-bond donors (Lipinski definition) is 2. The summed E-state index contributed by atoms with van der Waals surface area (Å²) < 4.78 is 0.630. The van der Waals surface area contributed by atoms with Crippen LogP contribution in [0.5, 0.6) is 0 Å². The van der Waals surface area contributed by atoms with E-state index < -0.39 is 4.92 Å². The predicted molar refractivity (Wildman–Crippen MR) is 112 cm³/mol. The molecule has 0 unspecified atom stereocenters. The highest BCUT2D eigenvalue weighted by Crippen LogP contribution is 2.30. The number of aryl methyl sites for hydroxylation is 2. The van der Waals surface area contributed by atoms with Crippen molar-refractivity contribution in [2.24, 2.45) is 0 Å². The van der Waals surface area contributed by atoms with E-state index in [-0.39, 0.29) is 23.0 Å². The number of para-hydroxylation sites is 2. The minimum atomic E-state index is -0.510. The number of carbonyl (C=O) groups is 1. The van der Waals surface area contributed by atoms with Crippen LogP contribution in [0.4, 0.5) is 22.2 Å². The molecule has 3 rings (SSSR count).